The lowest BCUT2D eigenvalue weighted by Gasteiger charge is -2.34. The van der Waals surface area contributed by atoms with Crippen LogP contribution in [0.2, 0.25) is 0 Å². The molecule has 1 amide bonds. The minimum Gasteiger partial charge on any atom is -0.339 e. The van der Waals surface area contributed by atoms with Crippen LogP contribution in [0.1, 0.15) is 47.0 Å². The number of thiophene rings is 1. The SMILES string of the molecule is Cc1nn(CC(=O)N2CCN(Cc3cccs3)CC2)c2nc(C3CC3)cc(C(F)F)c12. The van der Waals surface area contributed by atoms with E-state index in [1.807, 2.05) is 4.90 Å². The summed E-state index contributed by atoms with van der Waals surface area (Å²) in [7, 11) is 0. The number of alkyl halides is 2. The molecule has 0 bridgehead atoms. The van der Waals surface area contributed by atoms with E-state index in [2.05, 4.69) is 32.5 Å². The van der Waals surface area contributed by atoms with Crippen molar-refractivity contribution in [1.29, 1.82) is 0 Å². The van der Waals surface area contributed by atoms with Crippen molar-refractivity contribution in [1.82, 2.24) is 24.6 Å². The summed E-state index contributed by atoms with van der Waals surface area (Å²) < 4.78 is 29.0. The Morgan fingerprint density at radius 1 is 1.26 bits per heavy atom. The second kappa shape index (κ2) is 8.27. The molecule has 0 N–H and O–H groups in total. The maximum Gasteiger partial charge on any atom is 0.264 e. The van der Waals surface area contributed by atoms with E-state index >= 15 is 0 Å². The standard InChI is InChI=1S/C22H25F2N5OS/c1-14-20-17(21(23)24)11-18(15-4-5-15)25-22(20)29(26-14)13-19(30)28-8-6-27(7-9-28)12-16-3-2-10-31-16/h2-3,10-11,15,21H,4-9,12-13H2,1H3. The fourth-order valence-corrected chi connectivity index (χ4v) is 5.03. The quantitative estimate of drug-likeness (QED) is 0.576. The van der Waals surface area contributed by atoms with Crippen LogP contribution >= 0.6 is 11.3 Å². The first kappa shape index (κ1) is 20.5. The van der Waals surface area contributed by atoms with E-state index in [0.29, 0.717) is 35.5 Å². The molecule has 1 aliphatic heterocycles. The van der Waals surface area contributed by atoms with Gasteiger partial charge in [-0.3, -0.25) is 9.69 Å². The average molecular weight is 446 g/mol. The summed E-state index contributed by atoms with van der Waals surface area (Å²) in [4.78, 5) is 23.1. The number of rotatable bonds is 6. The first-order valence-electron chi connectivity index (χ1n) is 10.7. The number of fused-ring (bicyclic) bond motifs is 1. The summed E-state index contributed by atoms with van der Waals surface area (Å²) in [5, 5.41) is 6.88. The molecule has 1 saturated heterocycles. The van der Waals surface area contributed by atoms with E-state index < -0.39 is 6.43 Å². The maximum atomic E-state index is 13.7. The van der Waals surface area contributed by atoms with Gasteiger partial charge < -0.3 is 4.90 Å². The zero-order valence-electron chi connectivity index (χ0n) is 17.4. The average Bonchev–Trinajstić information content (AvgIpc) is 3.41. The fourth-order valence-electron chi connectivity index (χ4n) is 4.28. The second-order valence-corrected chi connectivity index (χ2v) is 9.42. The molecule has 3 aromatic rings. The number of carbonyl (C=O) groups excluding carboxylic acids is 1. The van der Waals surface area contributed by atoms with Crippen LogP contribution in [0.4, 0.5) is 8.78 Å². The lowest BCUT2D eigenvalue weighted by molar-refractivity contribution is -0.133. The molecule has 0 spiro atoms. The number of aromatic nitrogens is 3. The summed E-state index contributed by atoms with van der Waals surface area (Å²) >= 11 is 1.75. The van der Waals surface area contributed by atoms with Gasteiger partial charge in [0.2, 0.25) is 5.91 Å². The van der Waals surface area contributed by atoms with Gasteiger partial charge in [-0.1, -0.05) is 6.07 Å². The molecule has 0 unspecified atom stereocenters. The van der Waals surface area contributed by atoms with E-state index in [9.17, 15) is 13.6 Å². The number of halogens is 2. The molecule has 6 nitrogen and oxygen atoms in total. The van der Waals surface area contributed by atoms with Crippen LogP contribution in [0, 0.1) is 6.92 Å². The number of carbonyl (C=O) groups is 1. The van der Waals surface area contributed by atoms with Gasteiger partial charge in [0, 0.05) is 54.8 Å². The Bertz CT molecular complexity index is 1090. The normalized spacial score (nSPS) is 17.7. The van der Waals surface area contributed by atoms with Gasteiger partial charge >= 0.3 is 0 Å². The van der Waals surface area contributed by atoms with Crippen molar-refractivity contribution in [2.75, 3.05) is 26.2 Å². The third kappa shape index (κ3) is 4.21. The highest BCUT2D eigenvalue weighted by Gasteiger charge is 2.30. The summed E-state index contributed by atoms with van der Waals surface area (Å²) in [6.45, 7) is 5.60. The summed E-state index contributed by atoms with van der Waals surface area (Å²) in [5.41, 5.74) is 1.57. The van der Waals surface area contributed by atoms with Crippen LogP contribution in [-0.4, -0.2) is 56.7 Å². The highest BCUT2D eigenvalue weighted by Crippen LogP contribution is 2.41. The zero-order chi connectivity index (χ0) is 21.5. The van der Waals surface area contributed by atoms with Gasteiger partial charge in [0.05, 0.1) is 11.1 Å². The Labute approximate surface area is 183 Å². The van der Waals surface area contributed by atoms with Crippen LogP contribution in [0.15, 0.2) is 23.6 Å². The largest absolute Gasteiger partial charge is 0.339 e. The van der Waals surface area contributed by atoms with Crippen LogP contribution in [0.25, 0.3) is 11.0 Å². The van der Waals surface area contributed by atoms with E-state index in [1.54, 1.807) is 18.3 Å². The Balaban J connectivity index is 1.32. The van der Waals surface area contributed by atoms with Crippen LogP contribution in [0.5, 0.6) is 0 Å². The fraction of sp³-hybridized carbons (Fsp3) is 0.500. The summed E-state index contributed by atoms with van der Waals surface area (Å²) in [6, 6.07) is 5.71. The number of aryl methyl sites for hydroxylation is 1. The smallest absolute Gasteiger partial charge is 0.264 e. The molecular formula is C22H25F2N5OS. The minimum absolute atomic E-state index is 0.0229. The molecule has 5 rings (SSSR count). The molecule has 3 aromatic heterocycles. The van der Waals surface area contributed by atoms with Gasteiger partial charge in [0.1, 0.15) is 6.54 Å². The van der Waals surface area contributed by atoms with Crippen molar-refractivity contribution in [2.24, 2.45) is 0 Å². The number of pyridine rings is 1. The van der Waals surface area contributed by atoms with Crippen molar-refractivity contribution in [2.45, 2.75) is 45.2 Å². The molecule has 164 valence electrons. The highest BCUT2D eigenvalue weighted by molar-refractivity contribution is 7.09. The van der Waals surface area contributed by atoms with Gasteiger partial charge in [0.15, 0.2) is 5.65 Å². The third-order valence-corrected chi connectivity index (χ3v) is 6.99. The Kier molecular flexibility index (Phi) is 5.47. The van der Waals surface area contributed by atoms with Gasteiger partial charge in [-0.15, -0.1) is 11.3 Å². The lowest BCUT2D eigenvalue weighted by atomic mass is 10.1. The van der Waals surface area contributed by atoms with E-state index in [4.69, 9.17) is 0 Å². The number of piperazine rings is 1. The lowest BCUT2D eigenvalue weighted by Crippen LogP contribution is -2.49. The number of amides is 1. The Morgan fingerprint density at radius 2 is 2.03 bits per heavy atom. The van der Waals surface area contributed by atoms with Gasteiger partial charge in [0.25, 0.3) is 6.43 Å². The predicted molar refractivity (Wildman–Crippen MR) is 115 cm³/mol. The second-order valence-electron chi connectivity index (χ2n) is 8.39. The molecule has 0 radical (unpaired) electrons. The van der Waals surface area contributed by atoms with Crippen molar-refractivity contribution in [3.8, 4) is 0 Å². The molecule has 1 aliphatic carbocycles. The molecular weight excluding hydrogens is 420 g/mol. The molecule has 2 fully saturated rings. The van der Waals surface area contributed by atoms with Gasteiger partial charge in [-0.25, -0.2) is 18.4 Å². The Morgan fingerprint density at radius 3 is 2.68 bits per heavy atom. The van der Waals surface area contributed by atoms with Crippen LogP contribution in [0.3, 0.4) is 0 Å². The minimum atomic E-state index is -2.59. The van der Waals surface area contributed by atoms with E-state index in [-0.39, 0.29) is 23.9 Å². The molecule has 0 aromatic carbocycles. The third-order valence-electron chi connectivity index (χ3n) is 6.13. The van der Waals surface area contributed by atoms with E-state index in [0.717, 1.165) is 32.5 Å². The molecule has 1 saturated carbocycles. The summed E-state index contributed by atoms with van der Waals surface area (Å²) in [5.74, 6) is 0.204. The predicted octanol–water partition coefficient (Wildman–Crippen LogP) is 3.96. The van der Waals surface area contributed by atoms with Crippen molar-refractivity contribution >= 4 is 28.3 Å². The van der Waals surface area contributed by atoms with Crippen LogP contribution in [-0.2, 0) is 17.9 Å². The molecule has 0 atom stereocenters. The Hall–Kier alpha value is -2.39. The molecule has 4 heterocycles. The van der Waals surface area contributed by atoms with Gasteiger partial charge in [-0.2, -0.15) is 5.10 Å². The van der Waals surface area contributed by atoms with Gasteiger partial charge in [-0.05, 0) is 37.3 Å². The van der Waals surface area contributed by atoms with Crippen molar-refractivity contribution < 1.29 is 13.6 Å². The molecule has 9 heteroatoms. The number of hydrogen-bond acceptors (Lipinski definition) is 5. The van der Waals surface area contributed by atoms with Crippen molar-refractivity contribution in [3.05, 3.63) is 45.4 Å². The molecule has 31 heavy (non-hydrogen) atoms. The molecule has 2 aliphatic rings. The van der Waals surface area contributed by atoms with E-state index in [1.165, 1.54) is 15.6 Å². The van der Waals surface area contributed by atoms with Crippen LogP contribution < -0.4 is 0 Å². The van der Waals surface area contributed by atoms with Crippen molar-refractivity contribution in [3.63, 3.8) is 0 Å². The maximum absolute atomic E-state index is 13.7. The zero-order valence-corrected chi connectivity index (χ0v) is 18.2. The first-order valence-corrected chi connectivity index (χ1v) is 11.6. The highest BCUT2D eigenvalue weighted by atomic mass is 32.1. The first-order chi connectivity index (χ1) is 15.0. The summed E-state index contributed by atoms with van der Waals surface area (Å²) in [6.07, 6.45) is -0.641. The number of hydrogen-bond donors (Lipinski definition) is 0. The number of nitrogens with zero attached hydrogens (tertiary/aromatic N) is 5. The topological polar surface area (TPSA) is 54.3 Å². The monoisotopic (exact) mass is 445 g/mol.